The zero-order valence-electron chi connectivity index (χ0n) is 12.7. The Morgan fingerprint density at radius 2 is 2.13 bits per heavy atom. The normalized spacial score (nSPS) is 10.7. The van der Waals surface area contributed by atoms with Gasteiger partial charge < -0.3 is 9.73 Å². The van der Waals surface area contributed by atoms with Crippen molar-refractivity contribution in [3.8, 4) is 0 Å². The summed E-state index contributed by atoms with van der Waals surface area (Å²) in [5, 5.41) is 17.1. The van der Waals surface area contributed by atoms with Crippen LogP contribution in [0, 0.1) is 24.0 Å². The van der Waals surface area contributed by atoms with Crippen LogP contribution in [-0.2, 0) is 4.79 Å². The molecule has 0 aliphatic rings. The Balaban J connectivity index is 1.82. The summed E-state index contributed by atoms with van der Waals surface area (Å²) in [5.41, 5.74) is 5.37. The van der Waals surface area contributed by atoms with E-state index in [4.69, 9.17) is 4.42 Å². The Hall–Kier alpha value is -3.16. The van der Waals surface area contributed by atoms with E-state index in [1.54, 1.807) is 0 Å². The van der Waals surface area contributed by atoms with Crippen LogP contribution in [0.1, 0.15) is 16.9 Å². The lowest BCUT2D eigenvalue weighted by Crippen LogP contribution is -2.26. The molecule has 0 atom stereocenters. The third-order valence-electron chi connectivity index (χ3n) is 2.99. The van der Waals surface area contributed by atoms with Crippen LogP contribution in [-0.4, -0.2) is 23.6 Å². The number of furan rings is 1. The molecule has 0 saturated carbocycles. The molecular formula is C15H16N4O4. The molecule has 2 aromatic rings. The van der Waals surface area contributed by atoms with Gasteiger partial charge >= 0.3 is 5.88 Å². The van der Waals surface area contributed by atoms with Gasteiger partial charge in [-0.1, -0.05) is 17.7 Å². The molecule has 1 aromatic carbocycles. The molecule has 0 aliphatic carbocycles. The number of anilines is 1. The topological polar surface area (TPSA) is 110 Å². The Labute approximate surface area is 132 Å². The first kappa shape index (κ1) is 16.2. The van der Waals surface area contributed by atoms with E-state index in [2.05, 4.69) is 15.8 Å². The van der Waals surface area contributed by atoms with Crippen LogP contribution in [0.3, 0.4) is 0 Å². The number of rotatable bonds is 6. The van der Waals surface area contributed by atoms with Gasteiger partial charge in [0.2, 0.25) is 0 Å². The third-order valence-corrected chi connectivity index (χ3v) is 2.99. The smallest absolute Gasteiger partial charge is 0.400 e. The van der Waals surface area contributed by atoms with E-state index in [0.717, 1.165) is 16.8 Å². The number of carbonyl (C=O) groups excluding carboxylic acids is 1. The minimum absolute atomic E-state index is 0.0551. The van der Waals surface area contributed by atoms with E-state index in [-0.39, 0.29) is 24.1 Å². The van der Waals surface area contributed by atoms with E-state index in [1.165, 1.54) is 18.3 Å². The molecular weight excluding hydrogens is 300 g/mol. The molecule has 1 aromatic heterocycles. The highest BCUT2D eigenvalue weighted by molar-refractivity contribution is 5.83. The van der Waals surface area contributed by atoms with Gasteiger partial charge in [-0.2, -0.15) is 5.10 Å². The fraction of sp³-hybridized carbons (Fsp3) is 0.200. The average Bonchev–Trinajstić information content (AvgIpc) is 2.95. The first-order valence-electron chi connectivity index (χ1n) is 6.83. The summed E-state index contributed by atoms with van der Waals surface area (Å²) in [4.78, 5) is 21.5. The first-order valence-corrected chi connectivity index (χ1v) is 6.83. The molecule has 0 unspecified atom stereocenters. The van der Waals surface area contributed by atoms with Gasteiger partial charge in [0.15, 0.2) is 5.76 Å². The Kier molecular flexibility index (Phi) is 5.08. The molecule has 23 heavy (non-hydrogen) atoms. The lowest BCUT2D eigenvalue weighted by atomic mass is 10.1. The Morgan fingerprint density at radius 3 is 2.78 bits per heavy atom. The molecule has 8 nitrogen and oxygen atoms in total. The van der Waals surface area contributed by atoms with Crippen molar-refractivity contribution >= 4 is 23.7 Å². The van der Waals surface area contributed by atoms with E-state index >= 15 is 0 Å². The van der Waals surface area contributed by atoms with Gasteiger partial charge in [0.05, 0.1) is 18.8 Å². The van der Waals surface area contributed by atoms with Gasteiger partial charge in [-0.3, -0.25) is 14.9 Å². The predicted octanol–water partition coefficient (Wildman–Crippen LogP) is 2.37. The van der Waals surface area contributed by atoms with Gasteiger partial charge in [-0.05, 0) is 31.5 Å². The summed E-state index contributed by atoms with van der Waals surface area (Å²) in [5.74, 6) is -0.545. The number of hydrazone groups is 1. The van der Waals surface area contributed by atoms with Crippen molar-refractivity contribution in [1.29, 1.82) is 0 Å². The second-order valence-electron chi connectivity index (χ2n) is 4.90. The minimum atomic E-state index is -0.649. The molecule has 0 radical (unpaired) electrons. The highest BCUT2D eigenvalue weighted by Gasteiger charge is 2.10. The predicted molar refractivity (Wildman–Crippen MR) is 85.5 cm³/mol. The van der Waals surface area contributed by atoms with Crippen LogP contribution in [0.5, 0.6) is 0 Å². The zero-order chi connectivity index (χ0) is 16.8. The number of nitrogens with zero attached hydrogens (tertiary/aromatic N) is 2. The van der Waals surface area contributed by atoms with E-state index in [9.17, 15) is 14.9 Å². The van der Waals surface area contributed by atoms with Crippen molar-refractivity contribution in [3.63, 3.8) is 0 Å². The number of amides is 1. The molecule has 2 rings (SSSR count). The van der Waals surface area contributed by atoms with E-state index in [0.29, 0.717) is 0 Å². The van der Waals surface area contributed by atoms with Gasteiger partial charge in [-0.25, -0.2) is 5.43 Å². The van der Waals surface area contributed by atoms with Crippen LogP contribution < -0.4 is 10.7 Å². The monoisotopic (exact) mass is 316 g/mol. The molecule has 0 fully saturated rings. The Bertz CT molecular complexity index is 752. The summed E-state index contributed by atoms with van der Waals surface area (Å²) in [6, 6.07) is 8.48. The molecule has 0 aliphatic heterocycles. The molecule has 1 heterocycles. The van der Waals surface area contributed by atoms with Crippen LogP contribution in [0.25, 0.3) is 0 Å². The summed E-state index contributed by atoms with van der Waals surface area (Å²) in [6.07, 6.45) is 1.20. The standard InChI is InChI=1S/C15H16N4O4/c1-10-3-5-13(11(2)7-10)16-9-14(20)18-17-8-12-4-6-15(23-12)19(21)22/h3-8,16H,9H2,1-2H3,(H,18,20)/b17-8-. The maximum atomic E-state index is 11.7. The third kappa shape index (κ3) is 4.67. The minimum Gasteiger partial charge on any atom is -0.400 e. The van der Waals surface area contributed by atoms with Crippen molar-refractivity contribution in [3.05, 3.63) is 57.3 Å². The van der Waals surface area contributed by atoms with Crippen LogP contribution in [0.2, 0.25) is 0 Å². The molecule has 0 saturated heterocycles. The fourth-order valence-corrected chi connectivity index (χ4v) is 1.90. The first-order chi connectivity index (χ1) is 11.0. The zero-order valence-corrected chi connectivity index (χ0v) is 12.7. The maximum absolute atomic E-state index is 11.7. The van der Waals surface area contributed by atoms with Gasteiger partial charge in [0.1, 0.15) is 4.92 Å². The summed E-state index contributed by atoms with van der Waals surface area (Å²) in [7, 11) is 0. The second kappa shape index (κ2) is 7.21. The van der Waals surface area contributed by atoms with Gasteiger partial charge in [-0.15, -0.1) is 0 Å². The highest BCUT2D eigenvalue weighted by atomic mass is 16.6. The van der Waals surface area contributed by atoms with Crippen LogP contribution >= 0.6 is 0 Å². The largest absolute Gasteiger partial charge is 0.433 e. The number of benzene rings is 1. The maximum Gasteiger partial charge on any atom is 0.433 e. The number of carbonyl (C=O) groups is 1. The fourth-order valence-electron chi connectivity index (χ4n) is 1.90. The SMILES string of the molecule is Cc1ccc(NCC(=O)N/N=C\c2ccc([N+](=O)[O-])o2)c(C)c1. The van der Waals surface area contributed by atoms with Crippen LogP contribution in [0.4, 0.5) is 11.6 Å². The number of hydrogen-bond acceptors (Lipinski definition) is 6. The molecule has 1 amide bonds. The van der Waals surface area contributed by atoms with Crippen molar-refractivity contribution in [2.75, 3.05) is 11.9 Å². The number of hydrogen-bond donors (Lipinski definition) is 2. The van der Waals surface area contributed by atoms with Crippen LogP contribution in [0.15, 0.2) is 39.9 Å². The van der Waals surface area contributed by atoms with Crippen molar-refractivity contribution in [2.45, 2.75) is 13.8 Å². The number of nitrogens with one attached hydrogen (secondary N) is 2. The number of aryl methyl sites for hydroxylation is 2. The van der Waals surface area contributed by atoms with E-state index < -0.39 is 4.92 Å². The summed E-state index contributed by atoms with van der Waals surface area (Å²) >= 11 is 0. The summed E-state index contributed by atoms with van der Waals surface area (Å²) < 4.78 is 4.87. The van der Waals surface area contributed by atoms with Gasteiger partial charge in [0, 0.05) is 5.69 Å². The lowest BCUT2D eigenvalue weighted by Gasteiger charge is -2.09. The van der Waals surface area contributed by atoms with Gasteiger partial charge in [0.25, 0.3) is 5.91 Å². The Morgan fingerprint density at radius 1 is 1.35 bits per heavy atom. The second-order valence-corrected chi connectivity index (χ2v) is 4.90. The molecule has 0 spiro atoms. The number of nitro groups is 1. The van der Waals surface area contributed by atoms with Crippen molar-refractivity contribution in [2.24, 2.45) is 5.10 Å². The molecule has 2 N–H and O–H groups in total. The molecule has 8 heteroatoms. The van der Waals surface area contributed by atoms with E-state index in [1.807, 2.05) is 32.0 Å². The van der Waals surface area contributed by atoms with Crippen molar-refractivity contribution < 1.29 is 14.1 Å². The lowest BCUT2D eigenvalue weighted by molar-refractivity contribution is -0.402. The molecule has 120 valence electrons. The quantitative estimate of drug-likeness (QED) is 0.483. The average molecular weight is 316 g/mol. The van der Waals surface area contributed by atoms with Crippen molar-refractivity contribution in [1.82, 2.24) is 5.43 Å². The highest BCUT2D eigenvalue weighted by Crippen LogP contribution is 2.15. The summed E-state index contributed by atoms with van der Waals surface area (Å²) in [6.45, 7) is 4.01. The molecule has 0 bridgehead atoms.